The van der Waals surface area contributed by atoms with E-state index in [1.165, 1.54) is 31.3 Å². The Morgan fingerprint density at radius 1 is 0.462 bits per heavy atom. The molecule has 0 fully saturated rings. The first kappa shape index (κ1) is 23.3. The average molecular weight is 519 g/mol. The van der Waals surface area contributed by atoms with Gasteiger partial charge in [-0.3, -0.25) is 0 Å². The van der Waals surface area contributed by atoms with Crippen LogP contribution in [0, 0.1) is 0 Å². The lowest BCUT2D eigenvalue weighted by atomic mass is 10.0. The van der Waals surface area contributed by atoms with Gasteiger partial charge >= 0.3 is 0 Å². The van der Waals surface area contributed by atoms with Crippen molar-refractivity contribution in [1.82, 2.24) is 0 Å². The summed E-state index contributed by atoms with van der Waals surface area (Å²) in [4.78, 5) is 2.30. The zero-order valence-corrected chi connectivity index (χ0v) is 22.1. The van der Waals surface area contributed by atoms with Crippen molar-refractivity contribution in [2.75, 3.05) is 10.2 Å². The van der Waals surface area contributed by atoms with Gasteiger partial charge in [-0.1, -0.05) is 84.9 Å². The van der Waals surface area contributed by atoms with Crippen molar-refractivity contribution in [3.8, 4) is 11.1 Å². The van der Waals surface area contributed by atoms with Gasteiger partial charge < -0.3 is 10.2 Å². The van der Waals surface area contributed by atoms with Crippen molar-refractivity contribution in [2.24, 2.45) is 0 Å². The van der Waals surface area contributed by atoms with Crippen molar-refractivity contribution in [3.05, 3.63) is 152 Å². The minimum atomic E-state index is 1.09. The van der Waals surface area contributed by atoms with Gasteiger partial charge in [0.25, 0.3) is 0 Å². The van der Waals surface area contributed by atoms with Crippen LogP contribution in [-0.2, 0) is 0 Å². The first-order valence-electron chi connectivity index (χ1n) is 13.1. The number of benzene rings is 6. The second-order valence-corrected chi connectivity index (χ2v) is 10.6. The molecule has 0 aliphatic heterocycles. The summed E-state index contributed by atoms with van der Waals surface area (Å²) >= 11 is 1.86. The summed E-state index contributed by atoms with van der Waals surface area (Å²) in [5.41, 5.74) is 8.10. The van der Waals surface area contributed by atoms with Gasteiger partial charge in [-0.15, -0.1) is 11.3 Å². The van der Waals surface area contributed by atoms with Gasteiger partial charge in [0.2, 0.25) is 0 Å². The molecule has 0 radical (unpaired) electrons. The Morgan fingerprint density at radius 3 is 1.74 bits per heavy atom. The largest absolute Gasteiger partial charge is 0.356 e. The Labute approximate surface area is 232 Å². The van der Waals surface area contributed by atoms with Gasteiger partial charge in [-0.25, -0.2) is 0 Å². The molecule has 0 aliphatic rings. The number of hydrogen-bond donors (Lipinski definition) is 1. The molecule has 0 spiro atoms. The Hall–Kier alpha value is -4.86. The molecule has 186 valence electrons. The highest BCUT2D eigenvalue weighted by Gasteiger charge is 2.14. The second-order valence-electron chi connectivity index (χ2n) is 9.54. The van der Waals surface area contributed by atoms with Crippen LogP contribution in [0.3, 0.4) is 0 Å². The predicted molar refractivity (Wildman–Crippen MR) is 169 cm³/mol. The Balaban J connectivity index is 1.27. The van der Waals surface area contributed by atoms with Crippen LogP contribution in [0.4, 0.5) is 28.4 Å². The molecule has 3 heteroatoms. The molecular formula is C36H26N2S. The Morgan fingerprint density at radius 2 is 1.08 bits per heavy atom. The van der Waals surface area contributed by atoms with Crippen molar-refractivity contribution in [2.45, 2.75) is 0 Å². The van der Waals surface area contributed by atoms with E-state index in [0.717, 1.165) is 28.4 Å². The molecule has 0 saturated carbocycles. The maximum absolute atomic E-state index is 3.54. The summed E-state index contributed by atoms with van der Waals surface area (Å²) in [6.07, 6.45) is 0. The lowest BCUT2D eigenvalue weighted by molar-refractivity contribution is 1.28. The first-order valence-corrected chi connectivity index (χ1v) is 13.9. The van der Waals surface area contributed by atoms with Gasteiger partial charge in [0.15, 0.2) is 0 Å². The van der Waals surface area contributed by atoms with E-state index in [4.69, 9.17) is 0 Å². The smallest absolute Gasteiger partial charge is 0.0462 e. The molecule has 1 N–H and O–H groups in total. The fourth-order valence-electron chi connectivity index (χ4n) is 5.18. The molecule has 1 aromatic heterocycles. The summed E-state index contributed by atoms with van der Waals surface area (Å²) in [6, 6.07) is 53.7. The zero-order valence-electron chi connectivity index (χ0n) is 21.3. The summed E-state index contributed by atoms with van der Waals surface area (Å²) in [5, 5.41) is 6.12. The van der Waals surface area contributed by atoms with Gasteiger partial charge in [0.1, 0.15) is 0 Å². The summed E-state index contributed by atoms with van der Waals surface area (Å²) in [7, 11) is 0. The molecule has 0 atom stereocenters. The van der Waals surface area contributed by atoms with E-state index in [1.807, 2.05) is 17.4 Å². The first-order chi connectivity index (χ1) is 19.3. The number of nitrogens with one attached hydrogen (secondary N) is 1. The highest BCUT2D eigenvalue weighted by atomic mass is 32.1. The second kappa shape index (κ2) is 10.1. The van der Waals surface area contributed by atoms with Gasteiger partial charge in [0, 0.05) is 48.6 Å². The third kappa shape index (κ3) is 4.54. The normalized spacial score (nSPS) is 11.1. The molecule has 7 aromatic rings. The Kier molecular flexibility index (Phi) is 6.04. The van der Waals surface area contributed by atoms with Crippen molar-refractivity contribution >= 4 is 59.9 Å². The van der Waals surface area contributed by atoms with E-state index < -0.39 is 0 Å². The van der Waals surface area contributed by atoms with Crippen LogP contribution in [0.2, 0.25) is 0 Å². The number of rotatable bonds is 6. The highest BCUT2D eigenvalue weighted by molar-refractivity contribution is 7.26. The van der Waals surface area contributed by atoms with Gasteiger partial charge in [-0.05, 0) is 77.9 Å². The van der Waals surface area contributed by atoms with Crippen molar-refractivity contribution < 1.29 is 0 Å². The van der Waals surface area contributed by atoms with Gasteiger partial charge in [-0.2, -0.15) is 0 Å². The summed E-state index contributed by atoms with van der Waals surface area (Å²) in [6.45, 7) is 0. The van der Waals surface area contributed by atoms with Crippen LogP contribution in [0.25, 0.3) is 31.3 Å². The van der Waals surface area contributed by atoms with Crippen LogP contribution in [0.1, 0.15) is 0 Å². The van der Waals surface area contributed by atoms with Crippen LogP contribution < -0.4 is 10.2 Å². The minimum absolute atomic E-state index is 1.09. The minimum Gasteiger partial charge on any atom is -0.356 e. The number of fused-ring (bicyclic) bond motifs is 3. The Bertz CT molecular complexity index is 1820. The van der Waals surface area contributed by atoms with E-state index in [2.05, 4.69) is 156 Å². The number of nitrogens with zero attached hydrogens (tertiary/aromatic N) is 1. The van der Waals surface area contributed by atoms with Crippen LogP contribution in [0.15, 0.2) is 152 Å². The molecule has 1 heterocycles. The average Bonchev–Trinajstić information content (AvgIpc) is 3.38. The molecule has 39 heavy (non-hydrogen) atoms. The van der Waals surface area contributed by atoms with E-state index in [1.54, 1.807) is 0 Å². The van der Waals surface area contributed by atoms with Gasteiger partial charge in [0.05, 0.1) is 0 Å². The lowest BCUT2D eigenvalue weighted by Gasteiger charge is -2.25. The maximum atomic E-state index is 3.54. The molecule has 6 aromatic carbocycles. The zero-order chi connectivity index (χ0) is 26.0. The number of para-hydroxylation sites is 3. The maximum Gasteiger partial charge on any atom is 0.0462 e. The van der Waals surface area contributed by atoms with Crippen LogP contribution in [-0.4, -0.2) is 0 Å². The quantitative estimate of drug-likeness (QED) is 0.235. The lowest BCUT2D eigenvalue weighted by Crippen LogP contribution is -2.09. The van der Waals surface area contributed by atoms with Crippen molar-refractivity contribution in [1.29, 1.82) is 0 Å². The predicted octanol–water partition coefficient (Wildman–Crippen LogP) is 10.9. The fourth-order valence-corrected chi connectivity index (χ4v) is 6.40. The third-order valence-corrected chi connectivity index (χ3v) is 8.24. The van der Waals surface area contributed by atoms with E-state index in [-0.39, 0.29) is 0 Å². The number of hydrogen-bond acceptors (Lipinski definition) is 3. The van der Waals surface area contributed by atoms with E-state index in [0.29, 0.717) is 0 Å². The summed E-state index contributed by atoms with van der Waals surface area (Å²) < 4.78 is 2.62. The molecular weight excluding hydrogens is 492 g/mol. The van der Waals surface area contributed by atoms with Crippen LogP contribution in [0.5, 0.6) is 0 Å². The number of anilines is 5. The molecule has 0 amide bonds. The number of thiophene rings is 1. The van der Waals surface area contributed by atoms with E-state index in [9.17, 15) is 0 Å². The topological polar surface area (TPSA) is 15.3 Å². The molecule has 0 aliphatic carbocycles. The van der Waals surface area contributed by atoms with E-state index >= 15 is 0 Å². The van der Waals surface area contributed by atoms with Crippen molar-refractivity contribution in [3.63, 3.8) is 0 Å². The standard InChI is InChI=1S/C36H26N2S/c1-4-11-27(12-5-1)37-28-21-24-35-34(25-28)33-18-10-17-32(36(33)39-35)26-19-22-31(23-20-26)38(29-13-6-2-7-14-29)30-15-8-3-9-16-30/h1-25,37H. The monoisotopic (exact) mass is 518 g/mol. The molecule has 0 bridgehead atoms. The van der Waals surface area contributed by atoms with Crippen LogP contribution >= 0.6 is 11.3 Å². The summed E-state index contributed by atoms with van der Waals surface area (Å²) in [5.74, 6) is 0. The third-order valence-electron chi connectivity index (χ3n) is 7.02. The molecule has 2 nitrogen and oxygen atoms in total. The molecule has 0 unspecified atom stereocenters. The fraction of sp³-hybridized carbons (Fsp3) is 0. The molecule has 7 rings (SSSR count). The SMILES string of the molecule is c1ccc(Nc2ccc3sc4c(-c5ccc(N(c6ccccc6)c6ccccc6)cc5)cccc4c3c2)cc1. The molecule has 0 saturated heterocycles. The highest BCUT2D eigenvalue weighted by Crippen LogP contribution is 2.42.